The Balaban J connectivity index is 3.20. The minimum atomic E-state index is -0.115. The molecule has 0 aliphatic heterocycles. The van der Waals surface area contributed by atoms with Crippen LogP contribution >= 0.6 is 11.6 Å². The number of rotatable bonds is 3. The molecule has 0 heterocycles. The smallest absolute Gasteiger partial charge is 0.223 e. The molecule has 1 atom stereocenters. The van der Waals surface area contributed by atoms with Crippen LogP contribution in [0.1, 0.15) is 31.7 Å². The molecule has 0 saturated carbocycles. The second kappa shape index (κ2) is 6.26. The second-order valence-electron chi connectivity index (χ2n) is 4.02. The predicted octanol–water partition coefficient (Wildman–Crippen LogP) is 2.07. The van der Waals surface area contributed by atoms with Gasteiger partial charge >= 0.3 is 0 Å². The molecule has 5 nitrogen and oxygen atoms in total. The van der Waals surface area contributed by atoms with E-state index in [0.29, 0.717) is 10.9 Å². The van der Waals surface area contributed by atoms with E-state index in [1.165, 1.54) is 0 Å². The lowest BCUT2D eigenvalue weighted by molar-refractivity contribution is 0.734. The number of guanidine groups is 2. The maximum Gasteiger partial charge on any atom is 0.223 e. The molecule has 0 aliphatic carbocycles. The fraction of sp³-hybridized carbons (Fsp3) is 0.333. The van der Waals surface area contributed by atoms with Crippen molar-refractivity contribution in [1.29, 1.82) is 0 Å². The van der Waals surface area contributed by atoms with Gasteiger partial charge in [0.05, 0.1) is 5.69 Å². The Bertz CT molecular complexity index is 477. The van der Waals surface area contributed by atoms with Gasteiger partial charge in [0.2, 0.25) is 5.96 Å². The zero-order chi connectivity index (χ0) is 13.7. The number of halogens is 1. The first-order valence-corrected chi connectivity index (χ1v) is 6.05. The molecular formula is C12H18ClN5. The van der Waals surface area contributed by atoms with E-state index in [1.807, 2.05) is 6.07 Å². The summed E-state index contributed by atoms with van der Waals surface area (Å²) in [7, 11) is 0. The molecule has 98 valence electrons. The van der Waals surface area contributed by atoms with Gasteiger partial charge in [0.15, 0.2) is 5.96 Å². The maximum atomic E-state index is 5.99. The Labute approximate surface area is 112 Å². The van der Waals surface area contributed by atoms with Crippen molar-refractivity contribution < 1.29 is 0 Å². The summed E-state index contributed by atoms with van der Waals surface area (Å²) >= 11 is 5.99. The Hall–Kier alpha value is -1.75. The van der Waals surface area contributed by atoms with Crippen LogP contribution < -0.4 is 17.2 Å². The Kier molecular flexibility index (Phi) is 4.97. The summed E-state index contributed by atoms with van der Waals surface area (Å²) in [6.45, 7) is 4.19. The van der Waals surface area contributed by atoms with E-state index in [0.717, 1.165) is 17.7 Å². The van der Waals surface area contributed by atoms with Crippen LogP contribution in [0.5, 0.6) is 0 Å². The molecule has 0 saturated heterocycles. The van der Waals surface area contributed by atoms with E-state index >= 15 is 0 Å². The van der Waals surface area contributed by atoms with Crippen LogP contribution in [0.3, 0.4) is 0 Å². The van der Waals surface area contributed by atoms with Crippen molar-refractivity contribution >= 4 is 29.2 Å². The van der Waals surface area contributed by atoms with E-state index in [1.54, 1.807) is 12.1 Å². The van der Waals surface area contributed by atoms with Gasteiger partial charge in [-0.1, -0.05) is 25.4 Å². The highest BCUT2D eigenvalue weighted by Gasteiger charge is 2.09. The van der Waals surface area contributed by atoms with Gasteiger partial charge in [-0.3, -0.25) is 0 Å². The van der Waals surface area contributed by atoms with E-state index < -0.39 is 0 Å². The normalized spacial score (nSPS) is 13.2. The minimum Gasteiger partial charge on any atom is -0.370 e. The quantitative estimate of drug-likeness (QED) is 0.577. The molecule has 0 aromatic heterocycles. The number of nitrogens with two attached hydrogens (primary N) is 3. The molecular weight excluding hydrogens is 250 g/mol. The van der Waals surface area contributed by atoms with Crippen LogP contribution in [0, 0.1) is 0 Å². The van der Waals surface area contributed by atoms with Crippen molar-refractivity contribution in [3.05, 3.63) is 28.8 Å². The lowest BCUT2D eigenvalue weighted by Crippen LogP contribution is -2.26. The third-order valence-corrected chi connectivity index (χ3v) is 2.85. The third kappa shape index (κ3) is 3.92. The standard InChI is InChI=1S/C12H18ClN5/c1-3-7(2)9-6-8(13)4-5-10(9)17-12(16)18-11(14)15/h4-7H,3H2,1-2H3,(H6,14,15,16,17,18). The molecule has 0 fully saturated rings. The largest absolute Gasteiger partial charge is 0.370 e. The van der Waals surface area contributed by atoms with Crippen molar-refractivity contribution in [1.82, 2.24) is 0 Å². The molecule has 1 unspecified atom stereocenters. The van der Waals surface area contributed by atoms with Gasteiger partial charge in [-0.15, -0.1) is 0 Å². The molecule has 0 aliphatic rings. The molecule has 6 heteroatoms. The zero-order valence-corrected chi connectivity index (χ0v) is 11.3. The highest BCUT2D eigenvalue weighted by Crippen LogP contribution is 2.31. The maximum absolute atomic E-state index is 5.99. The number of hydrogen-bond donors (Lipinski definition) is 3. The first-order valence-electron chi connectivity index (χ1n) is 5.67. The lowest BCUT2D eigenvalue weighted by Gasteiger charge is -2.12. The van der Waals surface area contributed by atoms with Crippen LogP contribution in [-0.2, 0) is 0 Å². The van der Waals surface area contributed by atoms with Crippen LogP contribution in [-0.4, -0.2) is 11.9 Å². The molecule has 1 rings (SSSR count). The fourth-order valence-electron chi connectivity index (χ4n) is 1.52. The number of aliphatic imine (C=N–C) groups is 2. The summed E-state index contributed by atoms with van der Waals surface area (Å²) in [5.74, 6) is 0.242. The average Bonchev–Trinajstić information content (AvgIpc) is 2.29. The van der Waals surface area contributed by atoms with E-state index in [-0.39, 0.29) is 11.9 Å². The molecule has 0 bridgehead atoms. The predicted molar refractivity (Wildman–Crippen MR) is 77.3 cm³/mol. The van der Waals surface area contributed by atoms with Crippen molar-refractivity contribution in [3.8, 4) is 0 Å². The summed E-state index contributed by atoms with van der Waals surface area (Å²) in [5, 5.41) is 0.671. The molecule has 18 heavy (non-hydrogen) atoms. The van der Waals surface area contributed by atoms with Crippen LogP contribution in [0.4, 0.5) is 5.69 Å². The molecule has 0 radical (unpaired) electrons. The SMILES string of the molecule is CCC(C)c1cc(Cl)ccc1N=C(N)N=C(N)N. The highest BCUT2D eigenvalue weighted by atomic mass is 35.5. The lowest BCUT2D eigenvalue weighted by atomic mass is 9.97. The topological polar surface area (TPSA) is 103 Å². The number of hydrogen-bond acceptors (Lipinski definition) is 1. The minimum absolute atomic E-state index is 0.0295. The Morgan fingerprint density at radius 1 is 1.33 bits per heavy atom. The number of nitrogens with zero attached hydrogens (tertiary/aromatic N) is 2. The van der Waals surface area contributed by atoms with Crippen molar-refractivity contribution in [2.75, 3.05) is 0 Å². The van der Waals surface area contributed by atoms with Gasteiger partial charge < -0.3 is 17.2 Å². The van der Waals surface area contributed by atoms with E-state index in [4.69, 9.17) is 28.8 Å². The van der Waals surface area contributed by atoms with Crippen LogP contribution in [0.2, 0.25) is 5.02 Å². The summed E-state index contributed by atoms with van der Waals surface area (Å²) in [4.78, 5) is 7.89. The summed E-state index contributed by atoms with van der Waals surface area (Å²) < 4.78 is 0. The van der Waals surface area contributed by atoms with Gasteiger partial charge in [-0.05, 0) is 36.1 Å². The van der Waals surface area contributed by atoms with Crippen LogP contribution in [0.25, 0.3) is 0 Å². The van der Waals surface area contributed by atoms with E-state index in [9.17, 15) is 0 Å². The van der Waals surface area contributed by atoms with Gasteiger partial charge in [0.1, 0.15) is 0 Å². The Morgan fingerprint density at radius 2 is 2.00 bits per heavy atom. The zero-order valence-electron chi connectivity index (χ0n) is 10.5. The summed E-state index contributed by atoms with van der Waals surface area (Å²) in [6, 6.07) is 5.45. The van der Waals surface area contributed by atoms with Gasteiger partial charge in [-0.2, -0.15) is 4.99 Å². The first-order chi connectivity index (χ1) is 8.43. The summed E-state index contributed by atoms with van der Waals surface area (Å²) in [6.07, 6.45) is 0.977. The fourth-order valence-corrected chi connectivity index (χ4v) is 1.70. The van der Waals surface area contributed by atoms with Crippen molar-refractivity contribution in [2.24, 2.45) is 27.2 Å². The van der Waals surface area contributed by atoms with Crippen molar-refractivity contribution in [2.45, 2.75) is 26.2 Å². The van der Waals surface area contributed by atoms with Gasteiger partial charge in [0.25, 0.3) is 0 Å². The molecule has 0 spiro atoms. The molecule has 6 N–H and O–H groups in total. The summed E-state index contributed by atoms with van der Waals surface area (Å²) in [5.41, 5.74) is 17.9. The van der Waals surface area contributed by atoms with Gasteiger partial charge in [0, 0.05) is 5.02 Å². The van der Waals surface area contributed by atoms with Crippen LogP contribution in [0.15, 0.2) is 28.2 Å². The van der Waals surface area contributed by atoms with E-state index in [2.05, 4.69) is 23.8 Å². The molecule has 0 amide bonds. The highest BCUT2D eigenvalue weighted by molar-refractivity contribution is 6.30. The monoisotopic (exact) mass is 267 g/mol. The first kappa shape index (κ1) is 14.3. The molecule has 1 aromatic rings. The average molecular weight is 268 g/mol. The van der Waals surface area contributed by atoms with Crippen molar-refractivity contribution in [3.63, 3.8) is 0 Å². The van der Waals surface area contributed by atoms with Gasteiger partial charge in [-0.25, -0.2) is 4.99 Å². The molecule has 1 aromatic carbocycles. The second-order valence-corrected chi connectivity index (χ2v) is 4.46. The third-order valence-electron chi connectivity index (χ3n) is 2.61. The number of benzene rings is 1. The Morgan fingerprint density at radius 3 is 2.56 bits per heavy atom.